The van der Waals surface area contributed by atoms with Crippen LogP contribution >= 0.6 is 15.9 Å². The van der Waals surface area contributed by atoms with Gasteiger partial charge in [-0.15, -0.1) is 0 Å². The second-order valence-electron chi connectivity index (χ2n) is 3.14. The summed E-state index contributed by atoms with van der Waals surface area (Å²) in [4.78, 5) is 11.1. The molecular formula is C11H10BrNO3. The molecule has 0 fully saturated rings. The number of ether oxygens (including phenoxy) is 1. The Balaban J connectivity index is 3.17. The van der Waals surface area contributed by atoms with Gasteiger partial charge in [0.25, 0.3) is 0 Å². The maximum Gasteiger partial charge on any atom is 0.310 e. The van der Waals surface area contributed by atoms with Crippen molar-refractivity contribution in [2.24, 2.45) is 0 Å². The van der Waals surface area contributed by atoms with Gasteiger partial charge in [-0.2, -0.15) is 5.26 Å². The van der Waals surface area contributed by atoms with Crippen molar-refractivity contribution in [3.8, 4) is 6.07 Å². The van der Waals surface area contributed by atoms with Crippen LogP contribution in [0.2, 0.25) is 0 Å². The van der Waals surface area contributed by atoms with E-state index in [-0.39, 0.29) is 19.0 Å². The summed E-state index contributed by atoms with van der Waals surface area (Å²) < 4.78 is 5.12. The van der Waals surface area contributed by atoms with Crippen molar-refractivity contribution in [3.63, 3.8) is 0 Å². The molecule has 1 rings (SSSR count). The highest BCUT2D eigenvalue weighted by atomic mass is 79.9. The molecular weight excluding hydrogens is 274 g/mol. The quantitative estimate of drug-likeness (QED) is 0.854. The Morgan fingerprint density at radius 2 is 2.31 bits per heavy atom. The van der Waals surface area contributed by atoms with Gasteiger partial charge in [-0.05, 0) is 33.1 Å². The van der Waals surface area contributed by atoms with Crippen LogP contribution in [-0.4, -0.2) is 18.2 Å². The number of nitriles is 1. The van der Waals surface area contributed by atoms with Gasteiger partial charge in [-0.1, -0.05) is 6.07 Å². The largest absolute Gasteiger partial charge is 0.469 e. The third-order valence-corrected chi connectivity index (χ3v) is 3.01. The van der Waals surface area contributed by atoms with Crippen LogP contribution in [0.5, 0.6) is 0 Å². The number of rotatable bonds is 3. The fourth-order valence-electron chi connectivity index (χ4n) is 1.28. The summed E-state index contributed by atoms with van der Waals surface area (Å²) in [7, 11) is 1.30. The fourth-order valence-corrected chi connectivity index (χ4v) is 1.74. The van der Waals surface area contributed by atoms with Gasteiger partial charge in [0.15, 0.2) is 0 Å². The monoisotopic (exact) mass is 283 g/mol. The predicted octanol–water partition coefficient (Wildman–Crippen LogP) is 1.53. The molecule has 0 aliphatic carbocycles. The lowest BCUT2D eigenvalue weighted by Gasteiger charge is -2.07. The topological polar surface area (TPSA) is 70.3 Å². The van der Waals surface area contributed by atoms with Crippen LogP contribution in [0.4, 0.5) is 0 Å². The normalized spacial score (nSPS) is 9.62. The number of hydrogen-bond donors (Lipinski definition) is 1. The number of halogens is 1. The maximum absolute atomic E-state index is 11.1. The van der Waals surface area contributed by atoms with Gasteiger partial charge in [-0.3, -0.25) is 4.79 Å². The molecule has 16 heavy (non-hydrogen) atoms. The Morgan fingerprint density at radius 3 is 2.81 bits per heavy atom. The molecule has 0 aliphatic heterocycles. The Morgan fingerprint density at radius 1 is 1.62 bits per heavy atom. The first-order chi connectivity index (χ1) is 7.62. The highest BCUT2D eigenvalue weighted by molar-refractivity contribution is 9.10. The summed E-state index contributed by atoms with van der Waals surface area (Å²) in [6.45, 7) is -0.171. The van der Waals surface area contributed by atoms with Crippen LogP contribution in [-0.2, 0) is 22.6 Å². The van der Waals surface area contributed by atoms with Crippen molar-refractivity contribution < 1.29 is 14.6 Å². The highest BCUT2D eigenvalue weighted by Gasteiger charge is 2.12. The molecule has 1 N–H and O–H groups in total. The van der Waals surface area contributed by atoms with E-state index in [9.17, 15) is 4.79 Å². The van der Waals surface area contributed by atoms with Crippen molar-refractivity contribution in [1.29, 1.82) is 5.26 Å². The van der Waals surface area contributed by atoms with Crippen LogP contribution in [0.3, 0.4) is 0 Å². The second-order valence-corrected chi connectivity index (χ2v) is 3.93. The van der Waals surface area contributed by atoms with Gasteiger partial charge in [0, 0.05) is 4.47 Å². The first kappa shape index (κ1) is 12.7. The molecule has 0 aliphatic rings. The number of methoxy groups -OCH3 is 1. The molecule has 0 saturated heterocycles. The Labute approximate surface area is 102 Å². The van der Waals surface area contributed by atoms with Crippen molar-refractivity contribution >= 4 is 21.9 Å². The lowest BCUT2D eigenvalue weighted by atomic mass is 10.0. The highest BCUT2D eigenvalue weighted by Crippen LogP contribution is 2.24. The van der Waals surface area contributed by atoms with E-state index in [4.69, 9.17) is 10.4 Å². The number of aliphatic hydroxyl groups excluding tert-OH is 1. The summed E-state index contributed by atoms with van der Waals surface area (Å²) >= 11 is 3.25. The van der Waals surface area contributed by atoms with Crippen molar-refractivity contribution in [1.82, 2.24) is 0 Å². The van der Waals surface area contributed by atoms with E-state index in [1.54, 1.807) is 12.1 Å². The fraction of sp³-hybridized carbons (Fsp3) is 0.273. The standard InChI is InChI=1S/C11H10BrNO3/c1-16-10(15)4-8-2-7(6-14)3-9(5-13)11(8)12/h2-3,14H,4,6H2,1H3. The van der Waals surface area contributed by atoms with E-state index in [2.05, 4.69) is 20.7 Å². The Kier molecular flexibility index (Phi) is 4.47. The minimum absolute atomic E-state index is 0.0691. The molecule has 0 aromatic heterocycles. The SMILES string of the molecule is COC(=O)Cc1cc(CO)cc(C#N)c1Br. The molecule has 0 heterocycles. The second kappa shape index (κ2) is 5.64. The van der Waals surface area contributed by atoms with Gasteiger partial charge in [0.1, 0.15) is 6.07 Å². The van der Waals surface area contributed by atoms with E-state index < -0.39 is 0 Å². The van der Waals surface area contributed by atoms with Gasteiger partial charge < -0.3 is 9.84 Å². The third-order valence-electron chi connectivity index (χ3n) is 2.07. The van der Waals surface area contributed by atoms with Crippen LogP contribution in [0.1, 0.15) is 16.7 Å². The molecule has 4 nitrogen and oxygen atoms in total. The zero-order valence-electron chi connectivity index (χ0n) is 8.66. The van der Waals surface area contributed by atoms with E-state index >= 15 is 0 Å². The van der Waals surface area contributed by atoms with Crippen LogP contribution in [0.25, 0.3) is 0 Å². The lowest BCUT2D eigenvalue weighted by molar-refractivity contribution is -0.139. The summed E-state index contributed by atoms with van der Waals surface area (Å²) in [5.41, 5.74) is 1.62. The summed E-state index contributed by atoms with van der Waals surface area (Å²) in [6.07, 6.45) is 0.0691. The van der Waals surface area contributed by atoms with E-state index in [0.29, 0.717) is 21.2 Å². The molecule has 0 saturated carbocycles. The zero-order valence-corrected chi connectivity index (χ0v) is 10.2. The molecule has 0 unspecified atom stereocenters. The number of benzene rings is 1. The molecule has 0 radical (unpaired) electrons. The van der Waals surface area contributed by atoms with Gasteiger partial charge >= 0.3 is 5.97 Å². The predicted molar refractivity (Wildman–Crippen MR) is 60.5 cm³/mol. The van der Waals surface area contributed by atoms with E-state index in [1.165, 1.54) is 7.11 Å². The molecule has 0 bridgehead atoms. The van der Waals surface area contributed by atoms with Crippen LogP contribution < -0.4 is 0 Å². The molecule has 1 aromatic rings. The van der Waals surface area contributed by atoms with E-state index in [1.807, 2.05) is 6.07 Å². The van der Waals surface area contributed by atoms with Crippen molar-refractivity contribution in [2.75, 3.05) is 7.11 Å². The first-order valence-corrected chi connectivity index (χ1v) is 5.30. The van der Waals surface area contributed by atoms with Gasteiger partial charge in [0.05, 0.1) is 25.7 Å². The number of aliphatic hydroxyl groups is 1. The lowest BCUT2D eigenvalue weighted by Crippen LogP contribution is -2.06. The molecule has 0 atom stereocenters. The van der Waals surface area contributed by atoms with Crippen molar-refractivity contribution in [3.05, 3.63) is 33.3 Å². The molecule has 5 heteroatoms. The summed E-state index contributed by atoms with van der Waals surface area (Å²) in [5, 5.41) is 17.9. The molecule has 1 aromatic carbocycles. The van der Waals surface area contributed by atoms with Gasteiger partial charge in [-0.25, -0.2) is 0 Å². The molecule has 0 amide bonds. The van der Waals surface area contributed by atoms with E-state index in [0.717, 1.165) is 0 Å². The zero-order chi connectivity index (χ0) is 12.1. The average Bonchev–Trinajstić information content (AvgIpc) is 2.31. The number of hydrogen-bond acceptors (Lipinski definition) is 4. The third kappa shape index (κ3) is 2.81. The molecule has 0 spiro atoms. The maximum atomic E-state index is 11.1. The Hall–Kier alpha value is -1.38. The van der Waals surface area contributed by atoms with Crippen LogP contribution in [0, 0.1) is 11.3 Å². The number of esters is 1. The van der Waals surface area contributed by atoms with Gasteiger partial charge in [0.2, 0.25) is 0 Å². The summed E-state index contributed by atoms with van der Waals surface area (Å²) in [6, 6.07) is 5.23. The van der Waals surface area contributed by atoms with Crippen molar-refractivity contribution in [2.45, 2.75) is 13.0 Å². The Bertz CT molecular complexity index is 451. The minimum Gasteiger partial charge on any atom is -0.469 e. The number of carbonyl (C=O) groups excluding carboxylic acids is 1. The summed E-state index contributed by atoms with van der Waals surface area (Å²) in [5.74, 6) is -0.389. The minimum atomic E-state index is -0.389. The number of nitrogens with zero attached hydrogens (tertiary/aromatic N) is 1. The average molecular weight is 284 g/mol. The smallest absolute Gasteiger partial charge is 0.310 e. The number of carbonyl (C=O) groups is 1. The first-order valence-electron chi connectivity index (χ1n) is 4.51. The molecule has 84 valence electrons. The van der Waals surface area contributed by atoms with Crippen LogP contribution in [0.15, 0.2) is 16.6 Å².